The van der Waals surface area contributed by atoms with E-state index >= 15 is 0 Å². The molecule has 2 fully saturated rings. The number of carboxylic acids is 1. The van der Waals surface area contributed by atoms with Crippen molar-refractivity contribution in [3.63, 3.8) is 0 Å². The zero-order chi connectivity index (χ0) is 22.6. The normalized spacial score (nSPS) is 25.8. The van der Waals surface area contributed by atoms with Gasteiger partial charge in [0, 0.05) is 0 Å². The molecule has 5 heteroatoms. The Kier molecular flexibility index (Phi) is 6.69. The Morgan fingerprint density at radius 1 is 1.12 bits per heavy atom. The van der Waals surface area contributed by atoms with Crippen LogP contribution < -0.4 is 9.47 Å². The van der Waals surface area contributed by atoms with E-state index in [1.165, 1.54) is 12.8 Å². The summed E-state index contributed by atoms with van der Waals surface area (Å²) >= 11 is 0. The average molecular weight is 434 g/mol. The minimum absolute atomic E-state index is 0.107. The molecule has 2 aliphatic rings. The van der Waals surface area contributed by atoms with Gasteiger partial charge in [-0.05, 0) is 80.5 Å². The number of aliphatic carboxylic acids is 1. The van der Waals surface area contributed by atoms with Crippen molar-refractivity contribution in [3.05, 3.63) is 59.7 Å². The molecule has 2 aromatic rings. The summed E-state index contributed by atoms with van der Waals surface area (Å²) in [6.45, 7) is 0. The maximum absolute atomic E-state index is 12.0. The van der Waals surface area contributed by atoms with Crippen molar-refractivity contribution in [3.8, 4) is 17.6 Å². The first-order chi connectivity index (χ1) is 15.5. The van der Waals surface area contributed by atoms with E-state index in [1.807, 2.05) is 48.5 Å². The van der Waals surface area contributed by atoms with Crippen LogP contribution in [0.25, 0.3) is 0 Å². The van der Waals surface area contributed by atoms with Crippen molar-refractivity contribution >= 4 is 5.97 Å². The highest BCUT2D eigenvalue weighted by molar-refractivity contribution is 5.71. The molecule has 0 radical (unpaired) electrons. The monoisotopic (exact) mass is 433 g/mol. The summed E-state index contributed by atoms with van der Waals surface area (Å²) in [5.74, 6) is 0.0477. The van der Waals surface area contributed by atoms with Crippen LogP contribution in [0.2, 0.25) is 0 Å². The lowest BCUT2D eigenvalue weighted by Gasteiger charge is -2.40. The maximum Gasteiger partial charge on any atom is 0.306 e. The summed E-state index contributed by atoms with van der Waals surface area (Å²) in [5.41, 5.74) is 1.28. The van der Waals surface area contributed by atoms with Crippen molar-refractivity contribution < 1.29 is 19.4 Å². The third kappa shape index (κ3) is 4.60. The number of hydrogen-bond donors (Lipinski definition) is 1. The fourth-order valence-electron chi connectivity index (χ4n) is 5.47. The fourth-order valence-corrected chi connectivity index (χ4v) is 5.47. The molecule has 1 N–H and O–H groups in total. The number of nitriles is 1. The molecule has 0 saturated heterocycles. The first kappa shape index (κ1) is 22.2. The zero-order valence-electron chi connectivity index (χ0n) is 18.6. The smallest absolute Gasteiger partial charge is 0.306 e. The Morgan fingerprint density at radius 3 is 2.53 bits per heavy atom. The number of ether oxygens (including phenoxy) is 2. The van der Waals surface area contributed by atoms with Gasteiger partial charge in [-0.2, -0.15) is 5.26 Å². The van der Waals surface area contributed by atoms with E-state index in [4.69, 9.17) is 9.47 Å². The highest BCUT2D eigenvalue weighted by Gasteiger charge is 2.45. The van der Waals surface area contributed by atoms with Gasteiger partial charge in [-0.15, -0.1) is 0 Å². The van der Waals surface area contributed by atoms with E-state index in [-0.39, 0.29) is 12.0 Å². The van der Waals surface area contributed by atoms with E-state index in [1.54, 1.807) is 7.11 Å². The van der Waals surface area contributed by atoms with Gasteiger partial charge in [0.25, 0.3) is 0 Å². The van der Waals surface area contributed by atoms with Crippen LogP contribution in [0.5, 0.6) is 11.5 Å². The molecule has 3 atom stereocenters. The van der Waals surface area contributed by atoms with Gasteiger partial charge in [-0.1, -0.05) is 36.4 Å². The maximum atomic E-state index is 12.0. The van der Waals surface area contributed by atoms with Crippen LogP contribution in [0.15, 0.2) is 48.5 Å². The topological polar surface area (TPSA) is 79.5 Å². The predicted molar refractivity (Wildman–Crippen MR) is 122 cm³/mol. The number of carbonyl (C=O) groups is 1. The van der Waals surface area contributed by atoms with Gasteiger partial charge in [-0.25, -0.2) is 0 Å². The number of carboxylic acid groups (broad SMARTS) is 1. The summed E-state index contributed by atoms with van der Waals surface area (Å²) < 4.78 is 11.8. The molecule has 2 aromatic carbocycles. The molecular formula is C27H31NO4. The van der Waals surface area contributed by atoms with E-state index in [2.05, 4.69) is 6.07 Å². The summed E-state index contributed by atoms with van der Waals surface area (Å²) in [5, 5.41) is 20.2. The lowest BCUT2D eigenvalue weighted by Crippen LogP contribution is -2.40. The van der Waals surface area contributed by atoms with Crippen LogP contribution in [-0.4, -0.2) is 24.3 Å². The second-order valence-electron chi connectivity index (χ2n) is 9.22. The average Bonchev–Trinajstić information content (AvgIpc) is 3.32. The second-order valence-corrected chi connectivity index (χ2v) is 9.22. The van der Waals surface area contributed by atoms with Crippen molar-refractivity contribution in [2.24, 2.45) is 11.8 Å². The molecule has 5 nitrogen and oxygen atoms in total. The summed E-state index contributed by atoms with van der Waals surface area (Å²) in [6, 6.07) is 18.3. The van der Waals surface area contributed by atoms with Crippen LogP contribution >= 0.6 is 0 Å². The van der Waals surface area contributed by atoms with Crippen LogP contribution in [0.1, 0.15) is 56.1 Å². The first-order valence-electron chi connectivity index (χ1n) is 11.6. The largest absolute Gasteiger partial charge is 0.493 e. The van der Waals surface area contributed by atoms with Gasteiger partial charge in [0.1, 0.15) is 0 Å². The highest BCUT2D eigenvalue weighted by atomic mass is 16.5. The van der Waals surface area contributed by atoms with Gasteiger partial charge in [0.15, 0.2) is 11.5 Å². The lowest BCUT2D eigenvalue weighted by atomic mass is 9.62. The Morgan fingerprint density at radius 2 is 1.88 bits per heavy atom. The Labute approximate surface area is 190 Å². The third-order valence-corrected chi connectivity index (χ3v) is 7.25. The zero-order valence-corrected chi connectivity index (χ0v) is 18.6. The highest BCUT2D eigenvalue weighted by Crippen LogP contribution is 2.47. The molecule has 0 bridgehead atoms. The minimum atomic E-state index is -0.766. The van der Waals surface area contributed by atoms with Gasteiger partial charge >= 0.3 is 5.97 Å². The van der Waals surface area contributed by atoms with Crippen molar-refractivity contribution in [2.45, 2.75) is 62.9 Å². The molecule has 0 spiro atoms. The number of rotatable bonds is 7. The Bertz CT molecular complexity index is 977. The minimum Gasteiger partial charge on any atom is -0.493 e. The van der Waals surface area contributed by atoms with Gasteiger partial charge in [0.05, 0.1) is 30.6 Å². The molecule has 168 valence electrons. The fraction of sp³-hybridized carbons (Fsp3) is 0.481. The van der Waals surface area contributed by atoms with Crippen molar-refractivity contribution in [2.75, 3.05) is 7.11 Å². The molecule has 3 unspecified atom stereocenters. The molecule has 0 heterocycles. The van der Waals surface area contributed by atoms with Crippen molar-refractivity contribution in [1.82, 2.24) is 0 Å². The number of benzene rings is 2. The van der Waals surface area contributed by atoms with Gasteiger partial charge in [0.2, 0.25) is 0 Å². The predicted octanol–water partition coefficient (Wildman–Crippen LogP) is 5.52. The summed E-state index contributed by atoms with van der Waals surface area (Å²) in [6.07, 6.45) is 6.80. The molecule has 0 aliphatic heterocycles. The van der Waals surface area contributed by atoms with Crippen LogP contribution in [-0.2, 0) is 16.6 Å². The van der Waals surface area contributed by atoms with Crippen LogP contribution in [0, 0.1) is 23.2 Å². The first-order valence-corrected chi connectivity index (χ1v) is 11.6. The van der Waals surface area contributed by atoms with E-state index < -0.39 is 17.3 Å². The molecule has 32 heavy (non-hydrogen) atoms. The Hall–Kier alpha value is -3.00. The summed E-state index contributed by atoms with van der Waals surface area (Å²) in [4.78, 5) is 12.0. The number of methoxy groups -OCH3 is 1. The summed E-state index contributed by atoms with van der Waals surface area (Å²) in [7, 11) is 1.63. The SMILES string of the molecule is COc1ccc(C2(C#N)CCC(C(=O)O)C(Cc3ccccc3)C2)cc1OC1CCCC1. The lowest BCUT2D eigenvalue weighted by molar-refractivity contribution is -0.145. The molecule has 0 amide bonds. The van der Waals surface area contributed by atoms with E-state index in [9.17, 15) is 15.2 Å². The quantitative estimate of drug-likeness (QED) is 0.622. The van der Waals surface area contributed by atoms with Crippen LogP contribution in [0.4, 0.5) is 0 Å². The third-order valence-electron chi connectivity index (χ3n) is 7.25. The van der Waals surface area contributed by atoms with Gasteiger partial charge < -0.3 is 14.6 Å². The van der Waals surface area contributed by atoms with E-state index in [0.717, 1.165) is 24.0 Å². The van der Waals surface area contributed by atoms with E-state index in [0.29, 0.717) is 37.2 Å². The standard InChI is InChI=1S/C27H31NO4/c1-31-24-12-11-21(16-25(24)32-22-9-5-6-10-22)27(18-28)14-13-23(26(29)30)20(17-27)15-19-7-3-2-4-8-19/h2-4,7-8,11-12,16,20,22-23H,5-6,9-10,13-15,17H2,1H3,(H,29,30). The second kappa shape index (κ2) is 9.65. The van der Waals surface area contributed by atoms with Gasteiger partial charge in [-0.3, -0.25) is 4.79 Å². The molecular weight excluding hydrogens is 402 g/mol. The number of hydrogen-bond acceptors (Lipinski definition) is 4. The Balaban J connectivity index is 1.64. The number of nitrogens with zero attached hydrogens (tertiary/aromatic N) is 1. The molecule has 0 aromatic heterocycles. The molecule has 2 aliphatic carbocycles. The van der Waals surface area contributed by atoms with Crippen LogP contribution in [0.3, 0.4) is 0 Å². The molecule has 2 saturated carbocycles. The molecule has 4 rings (SSSR count). The van der Waals surface area contributed by atoms with Crippen molar-refractivity contribution in [1.29, 1.82) is 5.26 Å².